The van der Waals surface area contributed by atoms with Crippen molar-refractivity contribution in [1.29, 1.82) is 0 Å². The minimum atomic E-state index is -3.85. The zero-order valence-corrected chi connectivity index (χ0v) is 18.7. The molecule has 0 aliphatic carbocycles. The smallest absolute Gasteiger partial charge is 0.241 e. The SMILES string of the molecule is COc1ccc(S(=O)(=O)NC(C(=O)N(C)Cc2ccc(Br)cc2)C(C)C)cc1. The molecule has 6 nitrogen and oxygen atoms in total. The molecule has 0 aliphatic rings. The van der Waals surface area contributed by atoms with Gasteiger partial charge in [0.25, 0.3) is 0 Å². The quantitative estimate of drug-likeness (QED) is 0.643. The van der Waals surface area contributed by atoms with E-state index in [9.17, 15) is 13.2 Å². The second-order valence-corrected chi connectivity index (χ2v) is 9.47. The number of nitrogens with one attached hydrogen (secondary N) is 1. The summed E-state index contributed by atoms with van der Waals surface area (Å²) in [4.78, 5) is 14.6. The highest BCUT2D eigenvalue weighted by atomic mass is 79.9. The highest BCUT2D eigenvalue weighted by Crippen LogP contribution is 2.18. The van der Waals surface area contributed by atoms with Crippen molar-refractivity contribution in [2.24, 2.45) is 5.92 Å². The van der Waals surface area contributed by atoms with Gasteiger partial charge in [-0.3, -0.25) is 4.79 Å². The molecule has 8 heteroatoms. The number of hydrogen-bond donors (Lipinski definition) is 1. The lowest BCUT2D eigenvalue weighted by Crippen LogP contribution is -2.49. The summed E-state index contributed by atoms with van der Waals surface area (Å²) in [5.41, 5.74) is 0.958. The van der Waals surface area contributed by atoms with Crippen molar-refractivity contribution in [2.75, 3.05) is 14.2 Å². The number of methoxy groups -OCH3 is 1. The molecule has 0 fully saturated rings. The number of carbonyl (C=O) groups is 1. The highest BCUT2D eigenvalue weighted by Gasteiger charge is 2.30. The number of amides is 1. The van der Waals surface area contributed by atoms with Gasteiger partial charge >= 0.3 is 0 Å². The second-order valence-electron chi connectivity index (χ2n) is 6.84. The van der Waals surface area contributed by atoms with E-state index in [1.807, 2.05) is 38.1 Å². The van der Waals surface area contributed by atoms with Crippen LogP contribution in [0.15, 0.2) is 57.9 Å². The molecule has 0 aromatic heterocycles. The van der Waals surface area contributed by atoms with Crippen LogP contribution < -0.4 is 9.46 Å². The lowest BCUT2D eigenvalue weighted by atomic mass is 10.0. The second kappa shape index (κ2) is 9.54. The van der Waals surface area contributed by atoms with Gasteiger partial charge in [0.1, 0.15) is 11.8 Å². The molecule has 1 N–H and O–H groups in total. The van der Waals surface area contributed by atoms with E-state index in [4.69, 9.17) is 4.74 Å². The van der Waals surface area contributed by atoms with Crippen LogP contribution in [0.1, 0.15) is 19.4 Å². The molecule has 0 aliphatic heterocycles. The molecule has 0 bridgehead atoms. The Morgan fingerprint density at radius 3 is 2.18 bits per heavy atom. The monoisotopic (exact) mass is 468 g/mol. The van der Waals surface area contributed by atoms with Crippen molar-refractivity contribution in [3.05, 3.63) is 58.6 Å². The summed E-state index contributed by atoms with van der Waals surface area (Å²) in [5, 5.41) is 0. The number of rotatable bonds is 8. The highest BCUT2D eigenvalue weighted by molar-refractivity contribution is 9.10. The zero-order chi connectivity index (χ0) is 20.9. The van der Waals surface area contributed by atoms with Gasteiger partial charge in [0, 0.05) is 18.1 Å². The van der Waals surface area contributed by atoms with Gasteiger partial charge in [0.05, 0.1) is 12.0 Å². The van der Waals surface area contributed by atoms with E-state index < -0.39 is 16.1 Å². The summed E-state index contributed by atoms with van der Waals surface area (Å²) in [6.07, 6.45) is 0. The predicted octanol–water partition coefficient (Wildman–Crippen LogP) is 3.42. The average Bonchev–Trinajstić information content (AvgIpc) is 2.67. The zero-order valence-electron chi connectivity index (χ0n) is 16.3. The van der Waals surface area contributed by atoms with Crippen LogP contribution in [0.2, 0.25) is 0 Å². The van der Waals surface area contributed by atoms with Crippen LogP contribution in [0.3, 0.4) is 0 Å². The van der Waals surface area contributed by atoms with Crippen LogP contribution >= 0.6 is 15.9 Å². The van der Waals surface area contributed by atoms with Crippen molar-refractivity contribution < 1.29 is 17.9 Å². The van der Waals surface area contributed by atoms with Crippen molar-refractivity contribution >= 4 is 31.9 Å². The molecule has 0 spiro atoms. The minimum Gasteiger partial charge on any atom is -0.497 e. The van der Waals surface area contributed by atoms with Crippen LogP contribution in [-0.2, 0) is 21.4 Å². The molecular formula is C20H25BrN2O4S. The largest absolute Gasteiger partial charge is 0.497 e. The summed E-state index contributed by atoms with van der Waals surface area (Å²) in [6, 6.07) is 12.8. The fraction of sp³-hybridized carbons (Fsp3) is 0.350. The number of hydrogen-bond acceptors (Lipinski definition) is 4. The molecule has 0 saturated carbocycles. The van der Waals surface area contributed by atoms with Gasteiger partial charge in [0.2, 0.25) is 15.9 Å². The Hall–Kier alpha value is -1.90. The van der Waals surface area contributed by atoms with Crippen molar-refractivity contribution in [2.45, 2.75) is 31.3 Å². The molecule has 2 rings (SSSR count). The van der Waals surface area contributed by atoms with Crippen LogP contribution in [0.25, 0.3) is 0 Å². The minimum absolute atomic E-state index is 0.0855. The van der Waals surface area contributed by atoms with Crippen LogP contribution in [0.5, 0.6) is 5.75 Å². The fourth-order valence-corrected chi connectivity index (χ4v) is 4.24. The lowest BCUT2D eigenvalue weighted by molar-refractivity contribution is -0.133. The number of ether oxygens (including phenoxy) is 1. The van der Waals surface area contributed by atoms with E-state index in [0.29, 0.717) is 12.3 Å². The molecule has 2 aromatic carbocycles. The Labute approximate surface area is 175 Å². The molecule has 0 heterocycles. The van der Waals surface area contributed by atoms with Crippen molar-refractivity contribution in [1.82, 2.24) is 9.62 Å². The maximum absolute atomic E-state index is 12.9. The van der Waals surface area contributed by atoms with Gasteiger partial charge in [-0.15, -0.1) is 0 Å². The molecule has 1 unspecified atom stereocenters. The number of benzene rings is 2. The first-order valence-electron chi connectivity index (χ1n) is 8.80. The van der Waals surface area contributed by atoms with E-state index in [-0.39, 0.29) is 16.7 Å². The molecular weight excluding hydrogens is 444 g/mol. The third-order valence-electron chi connectivity index (χ3n) is 4.29. The Kier molecular flexibility index (Phi) is 7.63. The molecule has 152 valence electrons. The fourth-order valence-electron chi connectivity index (χ4n) is 2.64. The Morgan fingerprint density at radius 2 is 1.68 bits per heavy atom. The number of sulfonamides is 1. The Balaban J connectivity index is 2.16. The molecule has 2 aromatic rings. The first-order chi connectivity index (χ1) is 13.1. The number of halogens is 1. The van der Waals surface area contributed by atoms with Gasteiger partial charge in [0.15, 0.2) is 0 Å². The third-order valence-corrected chi connectivity index (χ3v) is 6.28. The molecule has 1 amide bonds. The van der Waals surface area contributed by atoms with Gasteiger partial charge in [-0.05, 0) is 47.9 Å². The average molecular weight is 469 g/mol. The molecule has 0 saturated heterocycles. The maximum Gasteiger partial charge on any atom is 0.241 e. The van der Waals surface area contributed by atoms with E-state index >= 15 is 0 Å². The van der Waals surface area contributed by atoms with Crippen LogP contribution in [0, 0.1) is 5.92 Å². The van der Waals surface area contributed by atoms with Crippen LogP contribution in [0.4, 0.5) is 0 Å². The number of carbonyl (C=O) groups excluding carboxylic acids is 1. The van der Waals surface area contributed by atoms with E-state index in [1.54, 1.807) is 19.2 Å². The lowest BCUT2D eigenvalue weighted by Gasteiger charge is -2.27. The summed E-state index contributed by atoms with van der Waals surface area (Å²) < 4.78 is 34.0. The summed E-state index contributed by atoms with van der Waals surface area (Å²) in [5.74, 6) is 0.0626. The van der Waals surface area contributed by atoms with E-state index in [0.717, 1.165) is 10.0 Å². The number of nitrogens with zero attached hydrogens (tertiary/aromatic N) is 1. The van der Waals surface area contributed by atoms with Crippen molar-refractivity contribution in [3.63, 3.8) is 0 Å². The topological polar surface area (TPSA) is 75.7 Å². The molecule has 0 radical (unpaired) electrons. The molecule has 28 heavy (non-hydrogen) atoms. The van der Waals surface area contributed by atoms with Crippen LogP contribution in [-0.4, -0.2) is 39.4 Å². The first-order valence-corrected chi connectivity index (χ1v) is 11.1. The van der Waals surface area contributed by atoms with Gasteiger partial charge in [-0.1, -0.05) is 41.9 Å². The summed E-state index contributed by atoms with van der Waals surface area (Å²) in [6.45, 7) is 4.01. The summed E-state index contributed by atoms with van der Waals surface area (Å²) in [7, 11) is -0.667. The Morgan fingerprint density at radius 1 is 1.11 bits per heavy atom. The maximum atomic E-state index is 12.9. The van der Waals surface area contributed by atoms with Gasteiger partial charge < -0.3 is 9.64 Å². The van der Waals surface area contributed by atoms with Gasteiger partial charge in [-0.25, -0.2) is 8.42 Å². The summed E-state index contributed by atoms with van der Waals surface area (Å²) >= 11 is 3.38. The standard InChI is InChI=1S/C20H25BrN2O4S/c1-14(2)19(20(24)23(3)13-15-5-7-16(21)8-6-15)22-28(25,26)18-11-9-17(27-4)10-12-18/h5-12,14,19,22H,13H2,1-4H3. The van der Waals surface area contributed by atoms with E-state index in [1.165, 1.54) is 24.1 Å². The molecule has 1 atom stereocenters. The van der Waals surface area contributed by atoms with Crippen molar-refractivity contribution in [3.8, 4) is 5.75 Å². The predicted molar refractivity (Wildman–Crippen MR) is 113 cm³/mol. The first kappa shape index (κ1) is 22.4. The Bertz CT molecular complexity index is 897. The third kappa shape index (κ3) is 5.80. The van der Waals surface area contributed by atoms with Gasteiger partial charge in [-0.2, -0.15) is 4.72 Å². The number of likely N-dealkylation sites (N-methyl/N-ethyl adjacent to an activating group) is 1. The normalized spacial score (nSPS) is 12.6. The van der Waals surface area contributed by atoms with E-state index in [2.05, 4.69) is 20.7 Å².